The minimum Gasteiger partial charge on any atom is -0.465 e. The molecule has 0 aliphatic heterocycles. The molecule has 0 rings (SSSR count). The van der Waals surface area contributed by atoms with Gasteiger partial charge < -0.3 is 9.84 Å². The van der Waals surface area contributed by atoms with Gasteiger partial charge in [-0.25, -0.2) is 0 Å². The van der Waals surface area contributed by atoms with Crippen molar-refractivity contribution in [2.75, 3.05) is 13.2 Å². The third kappa shape index (κ3) is 3.45. The van der Waals surface area contributed by atoms with Crippen molar-refractivity contribution in [3.63, 3.8) is 0 Å². The molecule has 3 heteroatoms. The lowest BCUT2D eigenvalue weighted by Gasteiger charge is -2.06. The maximum Gasteiger partial charge on any atom is 0.310 e. The molecule has 3 nitrogen and oxygen atoms in total. The fourth-order valence-corrected chi connectivity index (χ4v) is 0.419. The molecule has 0 spiro atoms. The first-order valence-electron chi connectivity index (χ1n) is 3.49. The predicted molar refractivity (Wildman–Crippen MR) is 37.5 cm³/mol. The van der Waals surface area contributed by atoms with Crippen LogP contribution in [0.2, 0.25) is 0 Å². The lowest BCUT2D eigenvalue weighted by atomic mass is 10.2. The van der Waals surface area contributed by atoms with Crippen LogP contribution < -0.4 is 0 Å². The highest BCUT2D eigenvalue weighted by atomic mass is 16.5. The normalized spacial score (nSPS) is 12.7. The fourth-order valence-electron chi connectivity index (χ4n) is 0.419. The van der Waals surface area contributed by atoms with E-state index in [1.54, 1.807) is 6.92 Å². The Morgan fingerprint density at radius 3 is 2.70 bits per heavy atom. The molecule has 0 aromatic rings. The third-order valence-corrected chi connectivity index (χ3v) is 1.12. The molecular formula is C7H14O3. The Morgan fingerprint density at radius 2 is 2.30 bits per heavy atom. The molecule has 1 N–H and O–H groups in total. The molecule has 0 aromatic carbocycles. The van der Waals surface area contributed by atoms with Crippen LogP contribution in [-0.2, 0) is 9.53 Å². The number of hydrogen-bond donors (Lipinski definition) is 1. The van der Waals surface area contributed by atoms with E-state index in [0.29, 0.717) is 6.61 Å². The van der Waals surface area contributed by atoms with Gasteiger partial charge in [0.25, 0.3) is 0 Å². The van der Waals surface area contributed by atoms with Gasteiger partial charge in [0.05, 0.1) is 19.1 Å². The molecule has 60 valence electrons. The van der Waals surface area contributed by atoms with Gasteiger partial charge in [0, 0.05) is 0 Å². The number of hydrogen-bond acceptors (Lipinski definition) is 3. The third-order valence-electron chi connectivity index (χ3n) is 1.12. The molecule has 0 saturated heterocycles. The summed E-state index contributed by atoms with van der Waals surface area (Å²) in [6.07, 6.45) is 0.823. The van der Waals surface area contributed by atoms with E-state index < -0.39 is 0 Å². The SMILES string of the molecule is CCCOC(=O)C(C)CO. The smallest absolute Gasteiger partial charge is 0.310 e. The molecule has 0 heterocycles. The molecule has 1 unspecified atom stereocenters. The summed E-state index contributed by atoms with van der Waals surface area (Å²) in [7, 11) is 0. The average Bonchev–Trinajstić information content (AvgIpc) is 1.98. The quantitative estimate of drug-likeness (QED) is 0.590. The molecule has 0 radical (unpaired) electrons. The highest BCUT2D eigenvalue weighted by Gasteiger charge is 2.11. The van der Waals surface area contributed by atoms with Crippen LogP contribution in [0.5, 0.6) is 0 Å². The maximum absolute atomic E-state index is 10.8. The number of carbonyl (C=O) groups is 1. The highest BCUT2D eigenvalue weighted by molar-refractivity contribution is 5.72. The fraction of sp³-hybridized carbons (Fsp3) is 0.857. The van der Waals surface area contributed by atoms with Crippen molar-refractivity contribution in [1.29, 1.82) is 0 Å². The maximum atomic E-state index is 10.8. The molecule has 1 atom stereocenters. The van der Waals surface area contributed by atoms with Gasteiger partial charge in [0.2, 0.25) is 0 Å². The first-order chi connectivity index (χ1) is 4.72. The topological polar surface area (TPSA) is 46.5 Å². The van der Waals surface area contributed by atoms with Crippen LogP contribution in [-0.4, -0.2) is 24.3 Å². The Morgan fingerprint density at radius 1 is 1.70 bits per heavy atom. The van der Waals surface area contributed by atoms with Gasteiger partial charge in [0.1, 0.15) is 0 Å². The first kappa shape index (κ1) is 9.43. The Hall–Kier alpha value is -0.570. The zero-order valence-electron chi connectivity index (χ0n) is 6.46. The van der Waals surface area contributed by atoms with E-state index in [2.05, 4.69) is 0 Å². The van der Waals surface area contributed by atoms with Gasteiger partial charge in [-0.3, -0.25) is 4.79 Å². The van der Waals surface area contributed by atoms with Crippen LogP contribution in [0.15, 0.2) is 0 Å². The summed E-state index contributed by atoms with van der Waals surface area (Å²) in [5.41, 5.74) is 0. The summed E-state index contributed by atoms with van der Waals surface area (Å²) in [6, 6.07) is 0. The van der Waals surface area contributed by atoms with Gasteiger partial charge >= 0.3 is 5.97 Å². The van der Waals surface area contributed by atoms with Gasteiger partial charge in [-0.2, -0.15) is 0 Å². The van der Waals surface area contributed by atoms with E-state index in [-0.39, 0.29) is 18.5 Å². The molecule has 0 aliphatic rings. The number of ether oxygens (including phenoxy) is 1. The number of aliphatic hydroxyl groups excluding tert-OH is 1. The van der Waals surface area contributed by atoms with Gasteiger partial charge in [-0.15, -0.1) is 0 Å². The number of esters is 1. The number of rotatable bonds is 4. The Labute approximate surface area is 61.0 Å². The van der Waals surface area contributed by atoms with Gasteiger partial charge in [0.15, 0.2) is 0 Å². The molecule has 0 amide bonds. The van der Waals surface area contributed by atoms with E-state index in [1.807, 2.05) is 6.92 Å². The molecule has 0 aliphatic carbocycles. The lowest BCUT2D eigenvalue weighted by Crippen LogP contribution is -2.18. The molecule has 0 bridgehead atoms. The number of aliphatic hydroxyl groups is 1. The Kier molecular flexibility index (Phi) is 4.94. The highest BCUT2D eigenvalue weighted by Crippen LogP contribution is 1.96. The summed E-state index contributed by atoms with van der Waals surface area (Å²) in [4.78, 5) is 10.8. The van der Waals surface area contributed by atoms with E-state index in [4.69, 9.17) is 9.84 Å². The second-order valence-corrected chi connectivity index (χ2v) is 2.25. The van der Waals surface area contributed by atoms with Crippen molar-refractivity contribution in [2.24, 2.45) is 5.92 Å². The Bertz CT molecular complexity index is 101. The number of carbonyl (C=O) groups excluding carboxylic acids is 1. The van der Waals surface area contributed by atoms with Crippen molar-refractivity contribution in [3.05, 3.63) is 0 Å². The largest absolute Gasteiger partial charge is 0.465 e. The molecular weight excluding hydrogens is 132 g/mol. The summed E-state index contributed by atoms with van der Waals surface area (Å²) in [5, 5.41) is 8.50. The van der Waals surface area contributed by atoms with Crippen LogP contribution in [0.4, 0.5) is 0 Å². The van der Waals surface area contributed by atoms with Crippen LogP contribution in [0.1, 0.15) is 20.3 Å². The Balaban J connectivity index is 3.42. The van der Waals surface area contributed by atoms with Crippen LogP contribution in [0.3, 0.4) is 0 Å². The standard InChI is InChI=1S/C7H14O3/c1-3-4-10-7(9)6(2)5-8/h6,8H,3-5H2,1-2H3. The zero-order chi connectivity index (χ0) is 7.98. The van der Waals surface area contributed by atoms with E-state index >= 15 is 0 Å². The predicted octanol–water partition coefficient (Wildman–Crippen LogP) is 0.568. The summed E-state index contributed by atoms with van der Waals surface area (Å²) >= 11 is 0. The van der Waals surface area contributed by atoms with E-state index in [1.165, 1.54) is 0 Å². The van der Waals surface area contributed by atoms with Crippen molar-refractivity contribution in [3.8, 4) is 0 Å². The minimum absolute atomic E-state index is 0.136. The second-order valence-electron chi connectivity index (χ2n) is 2.25. The van der Waals surface area contributed by atoms with E-state index in [9.17, 15) is 4.79 Å². The average molecular weight is 146 g/mol. The van der Waals surface area contributed by atoms with Crippen LogP contribution in [0.25, 0.3) is 0 Å². The lowest BCUT2D eigenvalue weighted by molar-refractivity contribution is -0.149. The summed E-state index contributed by atoms with van der Waals surface area (Å²) < 4.78 is 4.74. The van der Waals surface area contributed by atoms with Gasteiger partial charge in [-0.05, 0) is 13.3 Å². The van der Waals surface area contributed by atoms with E-state index in [0.717, 1.165) is 6.42 Å². The second kappa shape index (κ2) is 5.23. The van der Waals surface area contributed by atoms with Crippen molar-refractivity contribution < 1.29 is 14.6 Å². The molecule has 10 heavy (non-hydrogen) atoms. The first-order valence-corrected chi connectivity index (χ1v) is 3.49. The van der Waals surface area contributed by atoms with Crippen LogP contribution >= 0.6 is 0 Å². The molecule has 0 aromatic heterocycles. The van der Waals surface area contributed by atoms with Crippen molar-refractivity contribution in [1.82, 2.24) is 0 Å². The van der Waals surface area contributed by atoms with Crippen molar-refractivity contribution in [2.45, 2.75) is 20.3 Å². The summed E-state index contributed by atoms with van der Waals surface area (Å²) in [5.74, 6) is -0.698. The molecule has 0 fully saturated rings. The van der Waals surface area contributed by atoms with Crippen LogP contribution in [0, 0.1) is 5.92 Å². The van der Waals surface area contributed by atoms with Gasteiger partial charge in [-0.1, -0.05) is 6.92 Å². The molecule has 0 saturated carbocycles. The summed E-state index contributed by atoms with van der Waals surface area (Å²) in [6.45, 7) is 3.88. The minimum atomic E-state index is -0.383. The zero-order valence-corrected chi connectivity index (χ0v) is 6.46. The monoisotopic (exact) mass is 146 g/mol. The van der Waals surface area contributed by atoms with Crippen molar-refractivity contribution >= 4 is 5.97 Å².